The molecule has 1 aliphatic rings. The number of benzene rings is 1. The van der Waals surface area contributed by atoms with Crippen LogP contribution in [0.25, 0.3) is 0 Å². The van der Waals surface area contributed by atoms with Gasteiger partial charge >= 0.3 is 6.09 Å². The van der Waals surface area contributed by atoms with Crippen LogP contribution in [-0.4, -0.2) is 44.2 Å². The topological polar surface area (TPSA) is 92.8 Å². The minimum Gasteiger partial charge on any atom is -0.445 e. The molecule has 8 heteroatoms. The smallest absolute Gasteiger partial charge is 0.410 e. The molecule has 0 aromatic heterocycles. The number of rotatable bonds is 4. The van der Waals surface area contributed by atoms with E-state index >= 15 is 0 Å². The van der Waals surface area contributed by atoms with Crippen LogP contribution in [0, 0.1) is 0 Å². The summed E-state index contributed by atoms with van der Waals surface area (Å²) in [5, 5.41) is 0. The summed E-state index contributed by atoms with van der Waals surface area (Å²) < 4.78 is 29.3. The van der Waals surface area contributed by atoms with Crippen LogP contribution in [0.1, 0.15) is 18.4 Å². The molecule has 1 aromatic carbocycles. The van der Waals surface area contributed by atoms with Crippen LogP contribution >= 0.6 is 0 Å². The average molecular weight is 326 g/mol. The van der Waals surface area contributed by atoms with Gasteiger partial charge in [0.25, 0.3) is 5.91 Å². The van der Waals surface area contributed by atoms with Crippen molar-refractivity contribution >= 4 is 22.0 Å². The number of ether oxygens (including phenoxy) is 1. The number of hydrogen-bond acceptors (Lipinski definition) is 5. The van der Waals surface area contributed by atoms with Gasteiger partial charge in [0.05, 0.1) is 6.26 Å². The Balaban J connectivity index is 1.95. The summed E-state index contributed by atoms with van der Waals surface area (Å²) in [5.74, 6) is -0.698. The van der Waals surface area contributed by atoms with Gasteiger partial charge in [-0.25, -0.2) is 13.2 Å². The molecular formula is C14H18N2O5S. The molecule has 120 valence electrons. The third-order valence-corrected chi connectivity index (χ3v) is 3.85. The van der Waals surface area contributed by atoms with Crippen LogP contribution in [0.3, 0.4) is 0 Å². The molecule has 1 atom stereocenters. The van der Waals surface area contributed by atoms with Crippen LogP contribution in [0.2, 0.25) is 0 Å². The molecule has 1 aliphatic heterocycles. The lowest BCUT2D eigenvalue weighted by atomic mass is 10.2. The summed E-state index contributed by atoms with van der Waals surface area (Å²) in [6.07, 6.45) is 1.33. The zero-order valence-electron chi connectivity index (χ0n) is 12.2. The van der Waals surface area contributed by atoms with E-state index in [0.717, 1.165) is 11.8 Å². The van der Waals surface area contributed by atoms with Gasteiger partial charge in [-0.05, 0) is 18.4 Å². The monoisotopic (exact) mass is 326 g/mol. The van der Waals surface area contributed by atoms with E-state index in [0.29, 0.717) is 19.4 Å². The molecule has 0 radical (unpaired) electrons. The third-order valence-electron chi connectivity index (χ3n) is 3.28. The quantitative estimate of drug-likeness (QED) is 0.886. The fourth-order valence-electron chi connectivity index (χ4n) is 2.31. The van der Waals surface area contributed by atoms with Crippen LogP contribution in [-0.2, 0) is 26.2 Å². The number of nitrogens with zero attached hydrogens (tertiary/aromatic N) is 1. The fourth-order valence-corrected chi connectivity index (χ4v) is 2.81. The lowest BCUT2D eigenvalue weighted by Crippen LogP contribution is -2.47. The fraction of sp³-hybridized carbons (Fsp3) is 0.429. The van der Waals surface area contributed by atoms with Gasteiger partial charge in [0.1, 0.15) is 12.6 Å². The Labute approximate surface area is 129 Å². The summed E-state index contributed by atoms with van der Waals surface area (Å²) in [5.41, 5.74) is 0.840. The first-order chi connectivity index (χ1) is 10.4. The van der Waals surface area contributed by atoms with Crippen molar-refractivity contribution in [3.8, 4) is 0 Å². The van der Waals surface area contributed by atoms with Crippen LogP contribution in [0.5, 0.6) is 0 Å². The summed E-state index contributed by atoms with van der Waals surface area (Å²) >= 11 is 0. The van der Waals surface area contributed by atoms with E-state index in [9.17, 15) is 18.0 Å². The van der Waals surface area contributed by atoms with Crippen LogP contribution in [0.15, 0.2) is 30.3 Å². The maximum atomic E-state index is 12.1. The predicted molar refractivity (Wildman–Crippen MR) is 79.3 cm³/mol. The first-order valence-corrected chi connectivity index (χ1v) is 8.75. The number of carbonyl (C=O) groups excluding carboxylic acids is 2. The molecule has 1 aromatic rings. The molecule has 1 saturated heterocycles. The molecule has 1 N–H and O–H groups in total. The zero-order chi connectivity index (χ0) is 16.2. The molecule has 1 fully saturated rings. The van der Waals surface area contributed by atoms with E-state index in [4.69, 9.17) is 4.74 Å². The Kier molecular flexibility index (Phi) is 5.02. The molecular weight excluding hydrogens is 308 g/mol. The van der Waals surface area contributed by atoms with Crippen LogP contribution < -0.4 is 4.72 Å². The summed E-state index contributed by atoms with van der Waals surface area (Å²) in [4.78, 5) is 25.3. The van der Waals surface area contributed by atoms with Crippen molar-refractivity contribution in [1.82, 2.24) is 9.62 Å². The van der Waals surface area contributed by atoms with Gasteiger partial charge in [0.2, 0.25) is 10.0 Å². The van der Waals surface area contributed by atoms with Gasteiger partial charge < -0.3 is 4.74 Å². The molecule has 2 rings (SSSR count). The number of nitrogens with one attached hydrogen (secondary N) is 1. The molecule has 0 unspecified atom stereocenters. The summed E-state index contributed by atoms with van der Waals surface area (Å²) in [7, 11) is -3.64. The summed E-state index contributed by atoms with van der Waals surface area (Å²) in [6, 6.07) is 8.37. The largest absolute Gasteiger partial charge is 0.445 e. The Bertz CT molecular complexity index is 644. The second-order valence-corrected chi connectivity index (χ2v) is 6.88. The number of likely N-dealkylation sites (tertiary alicyclic amines) is 1. The van der Waals surface area contributed by atoms with Crippen molar-refractivity contribution < 1.29 is 22.7 Å². The van der Waals surface area contributed by atoms with Crippen molar-refractivity contribution in [3.63, 3.8) is 0 Å². The van der Waals surface area contributed by atoms with Gasteiger partial charge in [-0.1, -0.05) is 30.3 Å². The molecule has 0 saturated carbocycles. The van der Waals surface area contributed by atoms with E-state index < -0.39 is 28.1 Å². The highest BCUT2D eigenvalue weighted by Crippen LogP contribution is 2.19. The molecule has 22 heavy (non-hydrogen) atoms. The molecule has 7 nitrogen and oxygen atoms in total. The van der Waals surface area contributed by atoms with Gasteiger partial charge in [0.15, 0.2) is 0 Å². The second kappa shape index (κ2) is 6.78. The van der Waals surface area contributed by atoms with Crippen molar-refractivity contribution in [2.45, 2.75) is 25.5 Å². The molecule has 0 spiro atoms. The lowest BCUT2D eigenvalue weighted by molar-refractivity contribution is -0.123. The minimum absolute atomic E-state index is 0.108. The number of carbonyl (C=O) groups is 2. The maximum absolute atomic E-state index is 12.1. The van der Waals surface area contributed by atoms with Crippen molar-refractivity contribution in [3.05, 3.63) is 35.9 Å². The molecule has 2 amide bonds. The van der Waals surface area contributed by atoms with Gasteiger partial charge in [-0.3, -0.25) is 14.4 Å². The Hall–Kier alpha value is -2.09. The van der Waals surface area contributed by atoms with E-state index in [1.165, 1.54) is 4.90 Å². The third kappa shape index (κ3) is 4.45. The second-order valence-electron chi connectivity index (χ2n) is 5.13. The number of sulfonamides is 1. The molecule has 1 heterocycles. The van der Waals surface area contributed by atoms with E-state index in [1.54, 1.807) is 0 Å². The first kappa shape index (κ1) is 16.3. The van der Waals surface area contributed by atoms with Crippen LogP contribution in [0.4, 0.5) is 4.79 Å². The molecule has 0 aliphatic carbocycles. The van der Waals surface area contributed by atoms with E-state index in [-0.39, 0.29) is 6.61 Å². The Morgan fingerprint density at radius 2 is 2.00 bits per heavy atom. The van der Waals surface area contributed by atoms with Crippen molar-refractivity contribution in [1.29, 1.82) is 0 Å². The van der Waals surface area contributed by atoms with Gasteiger partial charge in [-0.2, -0.15) is 0 Å². The van der Waals surface area contributed by atoms with E-state index in [1.807, 2.05) is 35.1 Å². The average Bonchev–Trinajstić information content (AvgIpc) is 2.93. The lowest BCUT2D eigenvalue weighted by Gasteiger charge is -2.22. The van der Waals surface area contributed by atoms with Gasteiger partial charge in [0, 0.05) is 6.54 Å². The Morgan fingerprint density at radius 1 is 1.32 bits per heavy atom. The highest BCUT2D eigenvalue weighted by Gasteiger charge is 2.36. The van der Waals surface area contributed by atoms with E-state index in [2.05, 4.69) is 0 Å². The number of hydrogen-bond donors (Lipinski definition) is 1. The summed E-state index contributed by atoms with van der Waals surface area (Å²) in [6.45, 7) is 0.478. The first-order valence-electron chi connectivity index (χ1n) is 6.86. The number of amides is 2. The SMILES string of the molecule is CS(=O)(=O)NC(=O)[C@@H]1CCCN1C(=O)OCc1ccccc1. The Morgan fingerprint density at radius 3 is 2.64 bits per heavy atom. The zero-order valence-corrected chi connectivity index (χ0v) is 13.0. The standard InChI is InChI=1S/C14H18N2O5S/c1-22(19,20)15-13(17)12-8-5-9-16(12)14(18)21-10-11-6-3-2-4-7-11/h2-4,6-7,12H,5,8-10H2,1H3,(H,15,17)/t12-/m0/s1. The molecule has 0 bridgehead atoms. The highest BCUT2D eigenvalue weighted by atomic mass is 32.2. The maximum Gasteiger partial charge on any atom is 0.410 e. The normalized spacial score (nSPS) is 18.0. The minimum atomic E-state index is -3.64. The van der Waals surface area contributed by atoms with Crippen molar-refractivity contribution in [2.75, 3.05) is 12.8 Å². The van der Waals surface area contributed by atoms with Crippen molar-refractivity contribution in [2.24, 2.45) is 0 Å². The van der Waals surface area contributed by atoms with Gasteiger partial charge in [-0.15, -0.1) is 0 Å². The predicted octanol–water partition coefficient (Wildman–Crippen LogP) is 0.863. The highest BCUT2D eigenvalue weighted by molar-refractivity contribution is 7.89.